The van der Waals surface area contributed by atoms with Gasteiger partial charge >= 0.3 is 0 Å². The molecule has 23 heavy (non-hydrogen) atoms. The SMILES string of the molecule is c1cc(-c2cc(NCCc3cnc[nH]3)n3nccc3n2)ccn1. The Hall–Kier alpha value is -3.22. The van der Waals surface area contributed by atoms with Crippen LogP contribution in [0.3, 0.4) is 0 Å². The van der Waals surface area contributed by atoms with Crippen LogP contribution < -0.4 is 5.32 Å². The number of imidazole rings is 1. The van der Waals surface area contributed by atoms with Gasteiger partial charge in [-0.05, 0) is 12.1 Å². The molecule has 4 aromatic heterocycles. The molecule has 4 heterocycles. The zero-order chi connectivity index (χ0) is 15.5. The van der Waals surface area contributed by atoms with Crippen molar-refractivity contribution in [1.82, 2.24) is 29.5 Å². The van der Waals surface area contributed by atoms with Crippen LogP contribution in [0.15, 0.2) is 55.4 Å². The van der Waals surface area contributed by atoms with Crippen molar-refractivity contribution in [1.29, 1.82) is 0 Å². The standard InChI is InChI=1S/C16H15N7/c1-5-17-6-2-12(1)14-9-16(23-15(22-14)4-8-21-23)19-7-3-13-10-18-11-20-13/h1-2,4-6,8-11,19H,3,7H2,(H,18,20). The van der Waals surface area contributed by atoms with Gasteiger partial charge in [-0.3, -0.25) is 4.98 Å². The summed E-state index contributed by atoms with van der Waals surface area (Å²) in [6, 6.07) is 7.79. The number of hydrogen-bond donors (Lipinski definition) is 2. The van der Waals surface area contributed by atoms with Gasteiger partial charge in [0.2, 0.25) is 0 Å². The Balaban J connectivity index is 1.63. The van der Waals surface area contributed by atoms with Crippen LogP contribution in [0.2, 0.25) is 0 Å². The first-order valence-corrected chi connectivity index (χ1v) is 7.36. The molecule has 7 heteroatoms. The third kappa shape index (κ3) is 2.76. The van der Waals surface area contributed by atoms with E-state index in [1.807, 2.05) is 30.5 Å². The summed E-state index contributed by atoms with van der Waals surface area (Å²) in [5.41, 5.74) is 3.82. The number of pyridine rings is 1. The van der Waals surface area contributed by atoms with Crippen molar-refractivity contribution in [2.75, 3.05) is 11.9 Å². The molecule has 2 N–H and O–H groups in total. The molecule has 0 fully saturated rings. The molecule has 0 spiro atoms. The summed E-state index contributed by atoms with van der Waals surface area (Å²) in [4.78, 5) is 15.8. The average Bonchev–Trinajstić information content (AvgIpc) is 3.26. The van der Waals surface area contributed by atoms with Crippen LogP contribution in [0.1, 0.15) is 5.69 Å². The normalized spacial score (nSPS) is 11.0. The molecule has 0 bridgehead atoms. The van der Waals surface area contributed by atoms with E-state index < -0.39 is 0 Å². The molecule has 0 aromatic carbocycles. The molecule has 0 atom stereocenters. The third-order valence-electron chi connectivity index (χ3n) is 3.59. The second-order valence-corrected chi connectivity index (χ2v) is 5.12. The van der Waals surface area contributed by atoms with Gasteiger partial charge in [-0.2, -0.15) is 9.61 Å². The van der Waals surface area contributed by atoms with E-state index in [4.69, 9.17) is 0 Å². The molecule has 0 unspecified atom stereocenters. The van der Waals surface area contributed by atoms with Crippen LogP contribution in [0.25, 0.3) is 16.9 Å². The fourth-order valence-electron chi connectivity index (χ4n) is 2.46. The van der Waals surface area contributed by atoms with E-state index in [9.17, 15) is 0 Å². The predicted octanol–water partition coefficient (Wildman–Crippen LogP) is 2.17. The number of fused-ring (bicyclic) bond motifs is 1. The highest BCUT2D eigenvalue weighted by Gasteiger charge is 2.08. The summed E-state index contributed by atoms with van der Waals surface area (Å²) < 4.78 is 1.80. The van der Waals surface area contributed by atoms with Crippen LogP contribution in [0.5, 0.6) is 0 Å². The van der Waals surface area contributed by atoms with Gasteiger partial charge in [0.25, 0.3) is 0 Å². The van der Waals surface area contributed by atoms with Crippen molar-refractivity contribution in [3.05, 3.63) is 61.1 Å². The van der Waals surface area contributed by atoms with Gasteiger partial charge in [-0.25, -0.2) is 9.97 Å². The number of aromatic nitrogens is 6. The highest BCUT2D eigenvalue weighted by Crippen LogP contribution is 2.21. The first-order chi connectivity index (χ1) is 11.4. The Morgan fingerprint density at radius 2 is 2.00 bits per heavy atom. The fraction of sp³-hybridized carbons (Fsp3) is 0.125. The number of nitrogens with zero attached hydrogens (tertiary/aromatic N) is 5. The third-order valence-corrected chi connectivity index (χ3v) is 3.59. The van der Waals surface area contributed by atoms with Crippen molar-refractivity contribution < 1.29 is 0 Å². The second-order valence-electron chi connectivity index (χ2n) is 5.12. The molecule has 4 aromatic rings. The molecule has 0 amide bonds. The quantitative estimate of drug-likeness (QED) is 0.590. The Bertz CT molecular complexity index is 897. The molecule has 0 saturated carbocycles. The maximum absolute atomic E-state index is 4.64. The first-order valence-electron chi connectivity index (χ1n) is 7.36. The lowest BCUT2D eigenvalue weighted by Gasteiger charge is -2.10. The second kappa shape index (κ2) is 5.88. The van der Waals surface area contributed by atoms with Crippen LogP contribution in [-0.4, -0.2) is 36.1 Å². The van der Waals surface area contributed by atoms with Gasteiger partial charge in [-0.15, -0.1) is 0 Å². The number of aromatic amines is 1. The lowest BCUT2D eigenvalue weighted by Crippen LogP contribution is -2.10. The highest BCUT2D eigenvalue weighted by atomic mass is 15.3. The van der Waals surface area contributed by atoms with Crippen molar-refractivity contribution in [2.45, 2.75) is 6.42 Å². The summed E-state index contributed by atoms with van der Waals surface area (Å²) in [6.07, 6.45) is 9.66. The predicted molar refractivity (Wildman–Crippen MR) is 87.0 cm³/mol. The van der Waals surface area contributed by atoms with E-state index in [2.05, 4.69) is 30.4 Å². The first kappa shape index (κ1) is 13.4. The molecule has 0 radical (unpaired) electrons. The van der Waals surface area contributed by atoms with E-state index in [0.29, 0.717) is 0 Å². The fourth-order valence-corrected chi connectivity index (χ4v) is 2.46. The smallest absolute Gasteiger partial charge is 0.157 e. The molecule has 7 nitrogen and oxygen atoms in total. The number of H-pyrrole nitrogens is 1. The Morgan fingerprint density at radius 3 is 2.83 bits per heavy atom. The van der Waals surface area contributed by atoms with Gasteiger partial charge in [-0.1, -0.05) is 0 Å². The minimum atomic E-state index is 0.775. The van der Waals surface area contributed by atoms with Gasteiger partial charge < -0.3 is 10.3 Å². The van der Waals surface area contributed by atoms with E-state index >= 15 is 0 Å². The molecule has 4 rings (SSSR count). The molecular formula is C16H15N7. The maximum Gasteiger partial charge on any atom is 0.157 e. The Morgan fingerprint density at radius 1 is 1.09 bits per heavy atom. The van der Waals surface area contributed by atoms with Gasteiger partial charge in [0, 0.05) is 54.9 Å². The number of rotatable bonds is 5. The van der Waals surface area contributed by atoms with Crippen LogP contribution in [-0.2, 0) is 6.42 Å². The molecular weight excluding hydrogens is 290 g/mol. The van der Waals surface area contributed by atoms with E-state index in [-0.39, 0.29) is 0 Å². The molecule has 0 aliphatic rings. The minimum Gasteiger partial charge on any atom is -0.369 e. The summed E-state index contributed by atoms with van der Waals surface area (Å²) in [6.45, 7) is 0.775. The number of hydrogen-bond acceptors (Lipinski definition) is 5. The summed E-state index contributed by atoms with van der Waals surface area (Å²) in [5, 5.41) is 7.75. The molecule has 0 aliphatic carbocycles. The number of nitrogens with one attached hydrogen (secondary N) is 2. The average molecular weight is 305 g/mol. The topological polar surface area (TPSA) is 83.8 Å². The van der Waals surface area contributed by atoms with Crippen molar-refractivity contribution >= 4 is 11.5 Å². The van der Waals surface area contributed by atoms with E-state index in [1.54, 1.807) is 29.4 Å². The summed E-state index contributed by atoms with van der Waals surface area (Å²) in [5.74, 6) is 0.909. The van der Waals surface area contributed by atoms with Crippen molar-refractivity contribution in [3.8, 4) is 11.3 Å². The lowest BCUT2D eigenvalue weighted by molar-refractivity contribution is 0.906. The minimum absolute atomic E-state index is 0.775. The van der Waals surface area contributed by atoms with Crippen molar-refractivity contribution in [3.63, 3.8) is 0 Å². The zero-order valence-electron chi connectivity index (χ0n) is 12.3. The maximum atomic E-state index is 4.64. The van der Waals surface area contributed by atoms with E-state index in [1.165, 1.54) is 0 Å². The van der Waals surface area contributed by atoms with Crippen LogP contribution in [0, 0.1) is 0 Å². The van der Waals surface area contributed by atoms with Gasteiger partial charge in [0.05, 0.1) is 18.2 Å². The summed E-state index contributed by atoms with van der Waals surface area (Å²) >= 11 is 0. The Kier molecular flexibility index (Phi) is 3.44. The van der Waals surface area contributed by atoms with Crippen molar-refractivity contribution in [2.24, 2.45) is 0 Å². The summed E-state index contributed by atoms with van der Waals surface area (Å²) in [7, 11) is 0. The van der Waals surface area contributed by atoms with Crippen LogP contribution in [0.4, 0.5) is 5.82 Å². The lowest BCUT2D eigenvalue weighted by atomic mass is 10.2. The largest absolute Gasteiger partial charge is 0.369 e. The molecule has 114 valence electrons. The highest BCUT2D eigenvalue weighted by molar-refractivity contribution is 5.65. The molecule has 0 saturated heterocycles. The van der Waals surface area contributed by atoms with Gasteiger partial charge in [0.1, 0.15) is 5.82 Å². The molecule has 0 aliphatic heterocycles. The monoisotopic (exact) mass is 305 g/mol. The van der Waals surface area contributed by atoms with E-state index in [0.717, 1.165) is 41.4 Å². The zero-order valence-corrected chi connectivity index (χ0v) is 12.3. The Labute approximate surface area is 132 Å². The van der Waals surface area contributed by atoms with Crippen LogP contribution >= 0.6 is 0 Å². The number of anilines is 1. The van der Waals surface area contributed by atoms with Gasteiger partial charge in [0.15, 0.2) is 5.65 Å².